The number of carbonyl (C=O) groups excluding carboxylic acids is 1. The zero-order chi connectivity index (χ0) is 20.1. The first-order valence-electron chi connectivity index (χ1n) is 9.69. The van der Waals surface area contributed by atoms with Gasteiger partial charge in [-0.1, -0.05) is 36.4 Å². The van der Waals surface area contributed by atoms with Gasteiger partial charge in [-0.05, 0) is 49.4 Å². The van der Waals surface area contributed by atoms with Crippen molar-refractivity contribution in [2.24, 2.45) is 0 Å². The number of carbonyl (C=O) groups is 1. The fourth-order valence-corrected chi connectivity index (χ4v) is 3.21. The molecule has 2 unspecified atom stereocenters. The smallest absolute Gasteiger partial charge is 0.260 e. The van der Waals surface area contributed by atoms with Gasteiger partial charge in [0.2, 0.25) is 0 Å². The Balaban J connectivity index is 1.29. The minimum absolute atomic E-state index is 0.107. The Morgan fingerprint density at radius 2 is 1.69 bits per heavy atom. The van der Waals surface area contributed by atoms with Crippen LogP contribution < -0.4 is 19.5 Å². The van der Waals surface area contributed by atoms with Gasteiger partial charge in [0.1, 0.15) is 29.1 Å². The molecule has 0 fully saturated rings. The highest BCUT2D eigenvalue weighted by atomic mass is 16.5. The maximum Gasteiger partial charge on any atom is 0.260 e. The van der Waals surface area contributed by atoms with E-state index in [1.54, 1.807) is 6.92 Å². The Bertz CT molecular complexity index is 959. The zero-order valence-electron chi connectivity index (χ0n) is 16.2. The molecule has 0 bridgehead atoms. The minimum Gasteiger partial charge on any atom is -0.488 e. The minimum atomic E-state index is -0.577. The van der Waals surface area contributed by atoms with E-state index in [0.29, 0.717) is 12.3 Å². The van der Waals surface area contributed by atoms with Gasteiger partial charge in [0.15, 0.2) is 6.10 Å². The third-order valence-electron chi connectivity index (χ3n) is 4.68. The van der Waals surface area contributed by atoms with Crippen LogP contribution in [0.4, 0.5) is 0 Å². The molecule has 3 aromatic carbocycles. The largest absolute Gasteiger partial charge is 0.488 e. The van der Waals surface area contributed by atoms with Gasteiger partial charge in [0.25, 0.3) is 5.91 Å². The van der Waals surface area contributed by atoms with Crippen molar-refractivity contribution in [2.75, 3.05) is 6.54 Å². The predicted octanol–water partition coefficient (Wildman–Crippen LogP) is 4.37. The van der Waals surface area contributed by atoms with Gasteiger partial charge >= 0.3 is 0 Å². The average molecular weight is 389 g/mol. The normalized spacial score (nSPS) is 15.7. The zero-order valence-corrected chi connectivity index (χ0v) is 16.2. The second-order valence-corrected chi connectivity index (χ2v) is 6.95. The Labute approximate surface area is 170 Å². The lowest BCUT2D eigenvalue weighted by atomic mass is 10.1. The fourth-order valence-electron chi connectivity index (χ4n) is 3.21. The van der Waals surface area contributed by atoms with Gasteiger partial charge in [-0.25, -0.2) is 0 Å². The summed E-state index contributed by atoms with van der Waals surface area (Å²) in [6, 6.07) is 24.8. The van der Waals surface area contributed by atoms with E-state index < -0.39 is 6.10 Å². The summed E-state index contributed by atoms with van der Waals surface area (Å²) in [5.74, 6) is 2.90. The van der Waals surface area contributed by atoms with Gasteiger partial charge in [-0.3, -0.25) is 4.79 Å². The van der Waals surface area contributed by atoms with Crippen LogP contribution in [-0.2, 0) is 11.2 Å². The quantitative estimate of drug-likeness (QED) is 0.652. The standard InChI is InChI=1S/C24H23NO4/c1-17(27-19-8-4-2-5-9-19)24(26)25-16-22-15-18-14-21(12-13-23(18)29-22)28-20-10-6-3-7-11-20/h2-14,17,22H,15-16H2,1H3,(H,25,26). The molecule has 0 radical (unpaired) electrons. The number of nitrogens with one attached hydrogen (secondary N) is 1. The van der Waals surface area contributed by atoms with E-state index >= 15 is 0 Å². The fraction of sp³-hybridized carbons (Fsp3) is 0.208. The first-order valence-corrected chi connectivity index (χ1v) is 9.69. The number of hydrogen-bond donors (Lipinski definition) is 1. The van der Waals surface area contributed by atoms with E-state index in [4.69, 9.17) is 14.2 Å². The van der Waals surface area contributed by atoms with Crippen LogP contribution >= 0.6 is 0 Å². The maximum atomic E-state index is 12.3. The molecule has 1 heterocycles. The lowest BCUT2D eigenvalue weighted by molar-refractivity contribution is -0.127. The summed E-state index contributed by atoms with van der Waals surface area (Å²) in [6.45, 7) is 2.16. The van der Waals surface area contributed by atoms with Crippen LogP contribution in [0, 0.1) is 0 Å². The summed E-state index contributed by atoms with van der Waals surface area (Å²) in [5, 5.41) is 2.91. The number of benzene rings is 3. The molecule has 0 aliphatic carbocycles. The molecule has 3 aromatic rings. The number of rotatable bonds is 7. The van der Waals surface area contributed by atoms with Crippen LogP contribution in [0.5, 0.6) is 23.0 Å². The Kier molecular flexibility index (Phi) is 5.66. The third-order valence-corrected chi connectivity index (χ3v) is 4.68. The Morgan fingerprint density at radius 3 is 2.41 bits per heavy atom. The molecule has 148 valence electrons. The molecular weight excluding hydrogens is 366 g/mol. The van der Waals surface area contributed by atoms with Crippen LogP contribution in [0.2, 0.25) is 0 Å². The van der Waals surface area contributed by atoms with Crippen LogP contribution in [0.1, 0.15) is 12.5 Å². The van der Waals surface area contributed by atoms with Crippen LogP contribution in [0.25, 0.3) is 0 Å². The van der Waals surface area contributed by atoms with Gasteiger partial charge in [0.05, 0.1) is 6.54 Å². The lowest BCUT2D eigenvalue weighted by Crippen LogP contribution is -2.41. The second kappa shape index (κ2) is 8.69. The van der Waals surface area contributed by atoms with Crippen molar-refractivity contribution in [1.29, 1.82) is 0 Å². The summed E-state index contributed by atoms with van der Waals surface area (Å²) in [6.07, 6.45) is 0.0344. The summed E-state index contributed by atoms with van der Waals surface area (Å²) >= 11 is 0. The summed E-state index contributed by atoms with van der Waals surface area (Å²) in [7, 11) is 0. The Hall–Kier alpha value is -3.47. The first-order chi connectivity index (χ1) is 14.2. The molecule has 1 N–H and O–H groups in total. The molecule has 0 saturated carbocycles. The van der Waals surface area contributed by atoms with Crippen molar-refractivity contribution < 1.29 is 19.0 Å². The van der Waals surface area contributed by atoms with Gasteiger partial charge < -0.3 is 19.5 Å². The number of amides is 1. The SMILES string of the molecule is CC(Oc1ccccc1)C(=O)NCC1Cc2cc(Oc3ccccc3)ccc2O1. The molecule has 1 aliphatic rings. The molecule has 1 aliphatic heterocycles. The summed E-state index contributed by atoms with van der Waals surface area (Å²) in [4.78, 5) is 12.3. The topological polar surface area (TPSA) is 56.8 Å². The van der Waals surface area contributed by atoms with Gasteiger partial charge in [0, 0.05) is 12.0 Å². The molecule has 29 heavy (non-hydrogen) atoms. The predicted molar refractivity (Wildman–Crippen MR) is 111 cm³/mol. The second-order valence-electron chi connectivity index (χ2n) is 6.95. The maximum absolute atomic E-state index is 12.3. The molecular formula is C24H23NO4. The van der Waals surface area contributed by atoms with Crippen molar-refractivity contribution in [1.82, 2.24) is 5.32 Å². The van der Waals surface area contributed by atoms with E-state index in [2.05, 4.69) is 5.32 Å². The molecule has 0 saturated heterocycles. The van der Waals surface area contributed by atoms with E-state index in [1.807, 2.05) is 78.9 Å². The highest BCUT2D eigenvalue weighted by Crippen LogP contribution is 2.33. The summed E-state index contributed by atoms with van der Waals surface area (Å²) in [5.41, 5.74) is 1.08. The van der Waals surface area contributed by atoms with Crippen molar-refractivity contribution >= 4 is 5.91 Å². The molecule has 0 spiro atoms. The Morgan fingerprint density at radius 1 is 1.00 bits per heavy atom. The lowest BCUT2D eigenvalue weighted by Gasteiger charge is -2.16. The highest BCUT2D eigenvalue weighted by molar-refractivity contribution is 5.80. The summed E-state index contributed by atoms with van der Waals surface area (Å²) < 4.78 is 17.5. The number of ether oxygens (including phenoxy) is 3. The number of para-hydroxylation sites is 2. The third kappa shape index (κ3) is 4.88. The molecule has 5 nitrogen and oxygen atoms in total. The molecule has 1 amide bonds. The first kappa shape index (κ1) is 18.9. The van der Waals surface area contributed by atoms with Gasteiger partial charge in [-0.15, -0.1) is 0 Å². The van der Waals surface area contributed by atoms with E-state index in [1.165, 1.54) is 0 Å². The number of hydrogen-bond acceptors (Lipinski definition) is 4. The van der Waals surface area contributed by atoms with Crippen LogP contribution in [0.15, 0.2) is 78.9 Å². The van der Waals surface area contributed by atoms with E-state index in [-0.39, 0.29) is 12.0 Å². The van der Waals surface area contributed by atoms with Gasteiger partial charge in [-0.2, -0.15) is 0 Å². The van der Waals surface area contributed by atoms with Crippen molar-refractivity contribution in [3.05, 3.63) is 84.4 Å². The van der Waals surface area contributed by atoms with Crippen molar-refractivity contribution in [3.63, 3.8) is 0 Å². The molecule has 5 heteroatoms. The average Bonchev–Trinajstić information content (AvgIpc) is 3.15. The van der Waals surface area contributed by atoms with Crippen molar-refractivity contribution in [3.8, 4) is 23.0 Å². The number of fused-ring (bicyclic) bond motifs is 1. The van der Waals surface area contributed by atoms with Crippen LogP contribution in [0.3, 0.4) is 0 Å². The van der Waals surface area contributed by atoms with E-state index in [0.717, 1.165) is 29.2 Å². The molecule has 2 atom stereocenters. The monoisotopic (exact) mass is 389 g/mol. The molecule has 0 aromatic heterocycles. The van der Waals surface area contributed by atoms with Crippen molar-refractivity contribution in [2.45, 2.75) is 25.6 Å². The van der Waals surface area contributed by atoms with Crippen LogP contribution in [-0.4, -0.2) is 24.7 Å². The highest BCUT2D eigenvalue weighted by Gasteiger charge is 2.25. The molecule has 4 rings (SSSR count). The van der Waals surface area contributed by atoms with E-state index in [9.17, 15) is 4.79 Å².